The third-order valence-electron chi connectivity index (χ3n) is 3.16. The SMILES string of the molecule is Cc1ccc(-n2ncc(CBr)c2C(C)C)c(C)c1. The van der Waals surface area contributed by atoms with Gasteiger partial charge in [-0.15, -0.1) is 0 Å². The molecule has 0 aliphatic rings. The Morgan fingerprint density at radius 2 is 2.00 bits per heavy atom. The van der Waals surface area contributed by atoms with Crippen LogP contribution in [0.2, 0.25) is 0 Å². The number of benzene rings is 1. The van der Waals surface area contributed by atoms with E-state index < -0.39 is 0 Å². The van der Waals surface area contributed by atoms with Gasteiger partial charge in [-0.3, -0.25) is 0 Å². The zero-order valence-corrected chi connectivity index (χ0v) is 13.0. The smallest absolute Gasteiger partial charge is 0.0678 e. The van der Waals surface area contributed by atoms with Crippen LogP contribution in [0.15, 0.2) is 24.4 Å². The average Bonchev–Trinajstić information content (AvgIpc) is 2.72. The fourth-order valence-electron chi connectivity index (χ4n) is 2.35. The number of nitrogens with zero attached hydrogens (tertiary/aromatic N) is 2. The highest BCUT2D eigenvalue weighted by Gasteiger charge is 2.15. The highest BCUT2D eigenvalue weighted by Crippen LogP contribution is 2.26. The molecule has 0 amide bonds. The van der Waals surface area contributed by atoms with Gasteiger partial charge in [0, 0.05) is 10.9 Å². The van der Waals surface area contributed by atoms with Crippen LogP contribution < -0.4 is 0 Å². The first-order valence-corrected chi connectivity index (χ1v) is 7.37. The zero-order valence-electron chi connectivity index (χ0n) is 11.4. The Bertz CT molecular complexity index is 556. The van der Waals surface area contributed by atoms with Crippen LogP contribution in [0.3, 0.4) is 0 Å². The van der Waals surface area contributed by atoms with E-state index in [9.17, 15) is 0 Å². The van der Waals surface area contributed by atoms with Crippen LogP contribution in [0.5, 0.6) is 0 Å². The van der Waals surface area contributed by atoms with Gasteiger partial charge in [0.2, 0.25) is 0 Å². The summed E-state index contributed by atoms with van der Waals surface area (Å²) < 4.78 is 2.08. The van der Waals surface area contributed by atoms with E-state index in [-0.39, 0.29) is 0 Å². The quantitative estimate of drug-likeness (QED) is 0.763. The topological polar surface area (TPSA) is 17.8 Å². The molecule has 0 radical (unpaired) electrons. The lowest BCUT2D eigenvalue weighted by molar-refractivity contribution is 0.727. The van der Waals surface area contributed by atoms with E-state index in [1.165, 1.54) is 28.1 Å². The molecular weight excluding hydrogens is 288 g/mol. The van der Waals surface area contributed by atoms with Gasteiger partial charge in [0.1, 0.15) is 0 Å². The van der Waals surface area contributed by atoms with Crippen LogP contribution in [0.1, 0.15) is 42.1 Å². The lowest BCUT2D eigenvalue weighted by atomic mass is 10.1. The van der Waals surface area contributed by atoms with E-state index in [1.54, 1.807) is 0 Å². The number of alkyl halides is 1. The molecule has 1 heterocycles. The number of hydrogen-bond acceptors (Lipinski definition) is 1. The van der Waals surface area contributed by atoms with E-state index in [0.717, 1.165) is 5.33 Å². The van der Waals surface area contributed by atoms with Gasteiger partial charge < -0.3 is 0 Å². The molecule has 0 saturated heterocycles. The van der Waals surface area contributed by atoms with Crippen molar-refractivity contribution in [1.29, 1.82) is 0 Å². The van der Waals surface area contributed by atoms with E-state index >= 15 is 0 Å². The van der Waals surface area contributed by atoms with Gasteiger partial charge >= 0.3 is 0 Å². The molecule has 3 heteroatoms. The Labute approximate surface area is 117 Å². The van der Waals surface area contributed by atoms with Gasteiger partial charge in [-0.05, 0) is 31.4 Å². The fourth-order valence-corrected chi connectivity index (χ4v) is 2.78. The second-order valence-corrected chi connectivity index (χ2v) is 5.61. The van der Waals surface area contributed by atoms with Crippen molar-refractivity contribution in [1.82, 2.24) is 9.78 Å². The number of rotatable bonds is 3. The van der Waals surface area contributed by atoms with Gasteiger partial charge in [0.05, 0.1) is 17.6 Å². The summed E-state index contributed by atoms with van der Waals surface area (Å²) >= 11 is 3.54. The highest BCUT2D eigenvalue weighted by atomic mass is 79.9. The van der Waals surface area contributed by atoms with Crippen molar-refractivity contribution >= 4 is 15.9 Å². The second-order valence-electron chi connectivity index (χ2n) is 5.05. The first kappa shape index (κ1) is 13.3. The highest BCUT2D eigenvalue weighted by molar-refractivity contribution is 9.08. The van der Waals surface area contributed by atoms with Gasteiger partial charge in [-0.1, -0.05) is 47.5 Å². The number of aromatic nitrogens is 2. The third kappa shape index (κ3) is 2.37. The average molecular weight is 307 g/mol. The van der Waals surface area contributed by atoms with Gasteiger partial charge in [-0.2, -0.15) is 5.10 Å². The molecule has 0 bridgehead atoms. The van der Waals surface area contributed by atoms with Crippen LogP contribution in [0.25, 0.3) is 5.69 Å². The normalized spacial score (nSPS) is 11.2. The summed E-state index contributed by atoms with van der Waals surface area (Å²) in [5.74, 6) is 0.459. The van der Waals surface area contributed by atoms with Crippen molar-refractivity contribution in [2.75, 3.05) is 0 Å². The van der Waals surface area contributed by atoms with Crippen LogP contribution in [0, 0.1) is 13.8 Å². The van der Waals surface area contributed by atoms with E-state index in [4.69, 9.17) is 0 Å². The Morgan fingerprint density at radius 3 is 2.56 bits per heavy atom. The molecule has 18 heavy (non-hydrogen) atoms. The number of aryl methyl sites for hydroxylation is 2. The second kappa shape index (κ2) is 5.27. The maximum absolute atomic E-state index is 4.56. The Morgan fingerprint density at radius 1 is 1.28 bits per heavy atom. The lowest BCUT2D eigenvalue weighted by Crippen LogP contribution is -2.06. The monoisotopic (exact) mass is 306 g/mol. The predicted molar refractivity (Wildman–Crippen MR) is 79.8 cm³/mol. The Balaban J connectivity index is 2.60. The van der Waals surface area contributed by atoms with Crippen molar-refractivity contribution in [3.63, 3.8) is 0 Å². The molecule has 0 atom stereocenters. The van der Waals surface area contributed by atoms with Crippen LogP contribution >= 0.6 is 15.9 Å². The summed E-state index contributed by atoms with van der Waals surface area (Å²) in [6.07, 6.45) is 1.96. The minimum atomic E-state index is 0.459. The summed E-state index contributed by atoms with van der Waals surface area (Å²) in [4.78, 5) is 0. The molecular formula is C15H19BrN2. The molecule has 0 aliphatic heterocycles. The van der Waals surface area contributed by atoms with E-state index in [2.05, 4.69) is 71.6 Å². The summed E-state index contributed by atoms with van der Waals surface area (Å²) in [6, 6.07) is 6.50. The minimum absolute atomic E-state index is 0.459. The van der Waals surface area contributed by atoms with E-state index in [0.29, 0.717) is 5.92 Å². The zero-order chi connectivity index (χ0) is 13.3. The molecule has 1 aromatic heterocycles. The van der Waals surface area contributed by atoms with Crippen molar-refractivity contribution in [3.05, 3.63) is 46.8 Å². The molecule has 2 rings (SSSR count). The Kier molecular flexibility index (Phi) is 3.91. The summed E-state index contributed by atoms with van der Waals surface area (Å²) in [5, 5.41) is 5.41. The number of halogens is 1. The summed E-state index contributed by atoms with van der Waals surface area (Å²) in [6.45, 7) is 8.68. The molecule has 0 unspecified atom stereocenters. The molecule has 0 saturated carbocycles. The Hall–Kier alpha value is -1.09. The molecule has 96 valence electrons. The minimum Gasteiger partial charge on any atom is -0.237 e. The molecule has 2 aromatic rings. The van der Waals surface area contributed by atoms with Crippen molar-refractivity contribution in [2.24, 2.45) is 0 Å². The molecule has 0 spiro atoms. The number of hydrogen-bond donors (Lipinski definition) is 0. The van der Waals surface area contributed by atoms with Crippen molar-refractivity contribution in [2.45, 2.75) is 38.9 Å². The van der Waals surface area contributed by atoms with Gasteiger partial charge in [0.15, 0.2) is 0 Å². The van der Waals surface area contributed by atoms with Crippen molar-refractivity contribution in [3.8, 4) is 5.69 Å². The molecule has 0 N–H and O–H groups in total. The van der Waals surface area contributed by atoms with E-state index in [1.807, 2.05) is 6.20 Å². The van der Waals surface area contributed by atoms with Crippen molar-refractivity contribution < 1.29 is 0 Å². The maximum atomic E-state index is 4.56. The molecule has 1 aromatic carbocycles. The molecule has 0 fully saturated rings. The maximum Gasteiger partial charge on any atom is 0.0678 e. The lowest BCUT2D eigenvalue weighted by Gasteiger charge is -2.14. The summed E-state index contributed by atoms with van der Waals surface area (Å²) in [7, 11) is 0. The summed E-state index contributed by atoms with van der Waals surface area (Å²) in [5.41, 5.74) is 6.29. The molecule has 0 aliphatic carbocycles. The largest absolute Gasteiger partial charge is 0.237 e. The van der Waals surface area contributed by atoms with Gasteiger partial charge in [0.25, 0.3) is 0 Å². The third-order valence-corrected chi connectivity index (χ3v) is 3.76. The van der Waals surface area contributed by atoms with Crippen LogP contribution in [0.4, 0.5) is 0 Å². The van der Waals surface area contributed by atoms with Crippen LogP contribution in [-0.2, 0) is 5.33 Å². The first-order chi connectivity index (χ1) is 8.54. The first-order valence-electron chi connectivity index (χ1n) is 6.25. The van der Waals surface area contributed by atoms with Gasteiger partial charge in [-0.25, -0.2) is 4.68 Å². The fraction of sp³-hybridized carbons (Fsp3) is 0.400. The van der Waals surface area contributed by atoms with Crippen LogP contribution in [-0.4, -0.2) is 9.78 Å². The standard InChI is InChI=1S/C15H19BrN2/c1-10(2)15-13(8-16)9-17-18(15)14-6-5-11(3)7-12(14)4/h5-7,9-10H,8H2,1-4H3. The predicted octanol–water partition coefficient (Wildman–Crippen LogP) is 4.51. The molecule has 2 nitrogen and oxygen atoms in total.